The molecule has 216 valence electrons. The minimum atomic E-state index is -4.50. The van der Waals surface area contributed by atoms with E-state index in [0.29, 0.717) is 18.1 Å². The number of pyridine rings is 1. The van der Waals surface area contributed by atoms with Crippen molar-refractivity contribution in [1.82, 2.24) is 19.7 Å². The van der Waals surface area contributed by atoms with E-state index < -0.39 is 17.8 Å². The van der Waals surface area contributed by atoms with Gasteiger partial charge in [0.15, 0.2) is 11.5 Å². The summed E-state index contributed by atoms with van der Waals surface area (Å²) < 4.78 is 46.3. The van der Waals surface area contributed by atoms with Gasteiger partial charge in [0.2, 0.25) is 0 Å². The van der Waals surface area contributed by atoms with Crippen LogP contribution in [0.1, 0.15) is 31.0 Å². The number of benzene rings is 2. The molecule has 0 aliphatic carbocycles. The van der Waals surface area contributed by atoms with Gasteiger partial charge in [-0.3, -0.25) is 4.90 Å². The molecule has 0 atom stereocenters. The minimum Gasteiger partial charge on any atom is -0.382 e. The van der Waals surface area contributed by atoms with Crippen molar-refractivity contribution in [2.75, 3.05) is 49.2 Å². The van der Waals surface area contributed by atoms with Crippen LogP contribution in [0, 0.1) is 0 Å². The Morgan fingerprint density at radius 2 is 1.73 bits per heavy atom. The van der Waals surface area contributed by atoms with E-state index in [4.69, 9.17) is 15.5 Å². The summed E-state index contributed by atoms with van der Waals surface area (Å²) in [6, 6.07) is 13.0. The van der Waals surface area contributed by atoms with Gasteiger partial charge in [-0.2, -0.15) is 18.3 Å². The molecule has 1 saturated heterocycles. The van der Waals surface area contributed by atoms with Crippen LogP contribution < -0.4 is 16.4 Å². The summed E-state index contributed by atoms with van der Waals surface area (Å²) in [6.07, 6.45) is -4.50. The minimum absolute atomic E-state index is 0.0374. The van der Waals surface area contributed by atoms with E-state index in [1.165, 1.54) is 12.1 Å². The number of urea groups is 1. The molecule has 0 radical (unpaired) electrons. The van der Waals surface area contributed by atoms with E-state index >= 15 is 0 Å². The van der Waals surface area contributed by atoms with Crippen LogP contribution in [0.4, 0.5) is 35.2 Å². The van der Waals surface area contributed by atoms with E-state index in [9.17, 15) is 18.0 Å². The molecular formula is C29H32F3N7O2. The molecule has 0 saturated carbocycles. The van der Waals surface area contributed by atoms with Gasteiger partial charge in [-0.15, -0.1) is 0 Å². The number of aromatic nitrogens is 3. The number of carbonyl (C=O) groups is 1. The third-order valence-corrected chi connectivity index (χ3v) is 6.97. The highest BCUT2D eigenvalue weighted by molar-refractivity contribution is 6.02. The van der Waals surface area contributed by atoms with Crippen molar-refractivity contribution in [3.63, 3.8) is 0 Å². The summed E-state index contributed by atoms with van der Waals surface area (Å²) in [6.45, 7) is 8.81. The van der Waals surface area contributed by atoms with Crippen molar-refractivity contribution in [3.05, 3.63) is 65.9 Å². The van der Waals surface area contributed by atoms with Crippen LogP contribution in [0.25, 0.3) is 22.2 Å². The number of hydrogen-bond donors (Lipinski definition) is 3. The first kappa shape index (κ1) is 28.4. The van der Waals surface area contributed by atoms with Gasteiger partial charge < -0.3 is 21.1 Å². The van der Waals surface area contributed by atoms with E-state index in [2.05, 4.69) is 34.5 Å². The number of nitrogen functional groups attached to an aromatic ring is 1. The van der Waals surface area contributed by atoms with Crippen molar-refractivity contribution in [3.8, 4) is 11.1 Å². The van der Waals surface area contributed by atoms with Crippen LogP contribution in [-0.4, -0.2) is 58.5 Å². The van der Waals surface area contributed by atoms with Gasteiger partial charge in [-0.1, -0.05) is 32.0 Å². The molecule has 5 rings (SSSR count). The van der Waals surface area contributed by atoms with Crippen LogP contribution in [0.2, 0.25) is 0 Å². The fraction of sp³-hybridized carbons (Fsp3) is 0.345. The van der Waals surface area contributed by atoms with Gasteiger partial charge >= 0.3 is 12.2 Å². The number of carbonyl (C=O) groups excluding carboxylic acids is 1. The molecule has 0 bridgehead atoms. The monoisotopic (exact) mass is 567 g/mol. The highest BCUT2D eigenvalue weighted by Gasteiger charge is 2.30. The normalized spacial score (nSPS) is 14.5. The van der Waals surface area contributed by atoms with E-state index in [1.54, 1.807) is 12.1 Å². The Balaban J connectivity index is 1.36. The first-order valence-corrected chi connectivity index (χ1v) is 13.4. The van der Waals surface area contributed by atoms with Crippen molar-refractivity contribution in [2.45, 2.75) is 32.5 Å². The van der Waals surface area contributed by atoms with Crippen molar-refractivity contribution in [1.29, 1.82) is 0 Å². The van der Waals surface area contributed by atoms with Crippen LogP contribution >= 0.6 is 0 Å². The first-order valence-electron chi connectivity index (χ1n) is 13.4. The molecule has 1 aliphatic rings. The maximum atomic E-state index is 13.0. The van der Waals surface area contributed by atoms with Gasteiger partial charge in [0.05, 0.1) is 30.7 Å². The molecule has 3 heterocycles. The summed E-state index contributed by atoms with van der Waals surface area (Å²) in [5.74, 6) is 0.560. The Morgan fingerprint density at radius 1 is 1.02 bits per heavy atom. The van der Waals surface area contributed by atoms with Gasteiger partial charge in [-0.05, 0) is 53.4 Å². The molecule has 4 N–H and O–H groups in total. The highest BCUT2D eigenvalue weighted by atomic mass is 19.4. The van der Waals surface area contributed by atoms with Gasteiger partial charge in [0.1, 0.15) is 0 Å². The lowest BCUT2D eigenvalue weighted by atomic mass is 9.99. The summed E-state index contributed by atoms with van der Waals surface area (Å²) in [7, 11) is 0. The number of anilines is 3. The van der Waals surface area contributed by atoms with Crippen molar-refractivity contribution in [2.24, 2.45) is 0 Å². The topological polar surface area (TPSA) is 110 Å². The molecule has 2 amide bonds. The molecule has 1 fully saturated rings. The zero-order chi connectivity index (χ0) is 29.1. The lowest BCUT2D eigenvalue weighted by Crippen LogP contribution is -2.38. The molecular weight excluding hydrogens is 535 g/mol. The average Bonchev–Trinajstić information content (AvgIpc) is 3.27. The zero-order valence-electron chi connectivity index (χ0n) is 22.8. The quantitative estimate of drug-likeness (QED) is 0.260. The van der Waals surface area contributed by atoms with Gasteiger partial charge in [-0.25, -0.2) is 14.5 Å². The number of nitrogens with one attached hydrogen (secondary N) is 2. The summed E-state index contributed by atoms with van der Waals surface area (Å²) in [5.41, 5.74) is 9.46. The van der Waals surface area contributed by atoms with Crippen molar-refractivity contribution < 1.29 is 22.7 Å². The summed E-state index contributed by atoms with van der Waals surface area (Å²) in [5, 5.41) is 10.5. The van der Waals surface area contributed by atoms with Gasteiger partial charge in [0, 0.05) is 36.7 Å². The number of hydrogen-bond acceptors (Lipinski definition) is 6. The number of fused-ring (bicyclic) bond motifs is 1. The van der Waals surface area contributed by atoms with Crippen LogP contribution in [0.3, 0.4) is 0 Å². The molecule has 1 aliphatic heterocycles. The largest absolute Gasteiger partial charge is 0.416 e. The van der Waals surface area contributed by atoms with Crippen LogP contribution in [-0.2, 0) is 17.5 Å². The Bertz CT molecular complexity index is 1530. The number of nitrogens with zero attached hydrogens (tertiary/aromatic N) is 4. The maximum Gasteiger partial charge on any atom is 0.416 e. The molecule has 9 nitrogen and oxygen atoms in total. The van der Waals surface area contributed by atoms with Crippen LogP contribution in [0.15, 0.2) is 54.6 Å². The predicted molar refractivity (Wildman–Crippen MR) is 153 cm³/mol. The highest BCUT2D eigenvalue weighted by Crippen LogP contribution is 2.35. The lowest BCUT2D eigenvalue weighted by molar-refractivity contribution is -0.137. The Labute approximate surface area is 235 Å². The molecule has 41 heavy (non-hydrogen) atoms. The third-order valence-electron chi connectivity index (χ3n) is 6.97. The van der Waals surface area contributed by atoms with Crippen LogP contribution in [0.5, 0.6) is 0 Å². The first-order chi connectivity index (χ1) is 19.6. The molecule has 0 unspecified atom stereocenters. The van der Waals surface area contributed by atoms with E-state index in [1.807, 2.05) is 22.9 Å². The SMILES string of the molecule is CC(C)c1cc(-c2ccc(NC(=O)Nc3cccc(C(F)(F)F)c3)cc2)c2c(N)nn(CCN3CCOCC3)c2n1. The number of amides is 2. The third kappa shape index (κ3) is 6.60. The summed E-state index contributed by atoms with van der Waals surface area (Å²) in [4.78, 5) is 19.7. The number of alkyl halides is 3. The van der Waals surface area contributed by atoms with Crippen molar-refractivity contribution >= 4 is 34.3 Å². The molecule has 2 aromatic heterocycles. The molecule has 4 aromatic rings. The lowest BCUT2D eigenvalue weighted by Gasteiger charge is -2.26. The molecule has 0 spiro atoms. The zero-order valence-corrected chi connectivity index (χ0v) is 22.8. The number of ether oxygens (including phenoxy) is 1. The Kier molecular flexibility index (Phi) is 8.13. The fourth-order valence-electron chi connectivity index (χ4n) is 4.76. The average molecular weight is 568 g/mol. The second-order valence-corrected chi connectivity index (χ2v) is 10.2. The second kappa shape index (κ2) is 11.8. The number of morpholine rings is 1. The predicted octanol–water partition coefficient (Wildman–Crippen LogP) is 5.80. The number of halogens is 3. The number of rotatable bonds is 7. The standard InChI is InChI=1S/C29H32F3N7O2/c1-18(2)24-17-23(25-26(33)37-39(27(25)36-24)11-10-38-12-14-41-15-13-38)19-6-8-21(9-7-19)34-28(40)35-22-5-3-4-20(16-22)29(30,31)32/h3-9,16-18H,10-15H2,1-2H3,(H2,33,37)(H2,34,35,40). The fourth-order valence-corrected chi connectivity index (χ4v) is 4.76. The Morgan fingerprint density at radius 3 is 2.41 bits per heavy atom. The smallest absolute Gasteiger partial charge is 0.382 e. The molecule has 2 aromatic carbocycles. The molecule has 12 heteroatoms. The Hall–Kier alpha value is -4.16. The van der Waals surface area contributed by atoms with E-state index in [0.717, 1.165) is 72.8 Å². The summed E-state index contributed by atoms with van der Waals surface area (Å²) >= 11 is 0. The number of nitrogens with two attached hydrogens (primary N) is 1. The second-order valence-electron chi connectivity index (χ2n) is 10.2. The van der Waals surface area contributed by atoms with E-state index in [-0.39, 0.29) is 11.6 Å². The maximum absolute atomic E-state index is 13.0. The van der Waals surface area contributed by atoms with Gasteiger partial charge in [0.25, 0.3) is 0 Å².